The fourth-order valence-electron chi connectivity index (χ4n) is 3.51. The fourth-order valence-corrected chi connectivity index (χ4v) is 3.51. The summed E-state index contributed by atoms with van der Waals surface area (Å²) < 4.78 is 11.4. The minimum atomic E-state index is -0.378. The number of ether oxygens (including phenoxy) is 1. The summed E-state index contributed by atoms with van der Waals surface area (Å²) >= 11 is 0. The van der Waals surface area contributed by atoms with E-state index in [4.69, 9.17) is 9.26 Å². The number of aliphatic hydroxyl groups is 1. The van der Waals surface area contributed by atoms with E-state index in [0.29, 0.717) is 11.8 Å². The number of benzene rings is 1. The van der Waals surface area contributed by atoms with Gasteiger partial charge in [-0.25, -0.2) is 0 Å². The molecule has 0 aliphatic carbocycles. The van der Waals surface area contributed by atoms with Crippen molar-refractivity contribution in [2.45, 2.75) is 37.4 Å². The van der Waals surface area contributed by atoms with Crippen LogP contribution in [-0.4, -0.2) is 46.6 Å². The number of aromatic nitrogens is 2. The number of rotatable bonds is 2. The summed E-state index contributed by atoms with van der Waals surface area (Å²) in [5.41, 5.74) is 0.568. The number of hydrogen-bond donors (Lipinski definition) is 1. The Morgan fingerprint density at radius 2 is 1.96 bits per heavy atom. The maximum Gasteiger partial charge on any atom is 0.324 e. The summed E-state index contributed by atoms with van der Waals surface area (Å²) in [6.45, 7) is 2.26. The Morgan fingerprint density at radius 3 is 2.70 bits per heavy atom. The summed E-state index contributed by atoms with van der Waals surface area (Å²) in [4.78, 5) is 6.58. The fraction of sp³-hybridized carbons (Fsp3) is 0.529. The molecule has 2 fully saturated rings. The third-order valence-electron chi connectivity index (χ3n) is 4.95. The van der Waals surface area contributed by atoms with Gasteiger partial charge in [0.15, 0.2) is 0 Å². The quantitative estimate of drug-likeness (QED) is 0.916. The number of nitrogens with zero attached hydrogens (tertiary/aromatic N) is 3. The lowest BCUT2D eigenvalue weighted by Crippen LogP contribution is -2.55. The first-order chi connectivity index (χ1) is 11.3. The van der Waals surface area contributed by atoms with Crippen molar-refractivity contribution in [3.63, 3.8) is 0 Å². The normalized spacial score (nSPS) is 24.0. The zero-order valence-corrected chi connectivity index (χ0v) is 13.0. The van der Waals surface area contributed by atoms with Gasteiger partial charge < -0.3 is 19.3 Å². The van der Waals surface area contributed by atoms with Crippen LogP contribution in [0.4, 0.5) is 6.01 Å². The second-order valence-corrected chi connectivity index (χ2v) is 6.32. The van der Waals surface area contributed by atoms with Crippen LogP contribution in [0.2, 0.25) is 0 Å². The van der Waals surface area contributed by atoms with Gasteiger partial charge in [0.2, 0.25) is 5.82 Å². The van der Waals surface area contributed by atoms with Crippen LogP contribution in [0.25, 0.3) is 11.4 Å². The molecule has 0 unspecified atom stereocenters. The Labute approximate surface area is 135 Å². The monoisotopic (exact) mass is 315 g/mol. The first kappa shape index (κ1) is 14.7. The highest BCUT2D eigenvalue weighted by molar-refractivity contribution is 5.55. The molecule has 1 aromatic carbocycles. The van der Waals surface area contributed by atoms with Gasteiger partial charge in [-0.3, -0.25) is 0 Å². The highest BCUT2D eigenvalue weighted by atomic mass is 16.5. The van der Waals surface area contributed by atoms with E-state index in [1.165, 1.54) is 0 Å². The molecule has 2 aliphatic heterocycles. The second-order valence-electron chi connectivity index (χ2n) is 6.32. The zero-order valence-electron chi connectivity index (χ0n) is 13.0. The average molecular weight is 315 g/mol. The Morgan fingerprint density at radius 1 is 1.17 bits per heavy atom. The molecule has 1 N–H and O–H groups in total. The van der Waals surface area contributed by atoms with Gasteiger partial charge in [0.05, 0.1) is 11.7 Å². The maximum atomic E-state index is 10.3. The van der Waals surface area contributed by atoms with Gasteiger partial charge in [-0.05, 0) is 25.7 Å². The second kappa shape index (κ2) is 5.94. The van der Waals surface area contributed by atoms with E-state index in [1.807, 2.05) is 30.3 Å². The van der Waals surface area contributed by atoms with E-state index in [9.17, 15) is 5.11 Å². The molecule has 6 nitrogen and oxygen atoms in total. The van der Waals surface area contributed by atoms with E-state index in [2.05, 4.69) is 15.0 Å². The van der Waals surface area contributed by atoms with Crippen molar-refractivity contribution in [1.82, 2.24) is 10.1 Å². The Balaban J connectivity index is 1.46. The molecule has 2 saturated heterocycles. The molecule has 23 heavy (non-hydrogen) atoms. The Hall–Kier alpha value is -1.92. The molecule has 122 valence electrons. The zero-order chi connectivity index (χ0) is 15.7. The standard InChI is InChI=1S/C17H21N3O3/c21-14-7-4-12-22-17(14)8-10-20(11-9-17)16-18-15(19-23-16)13-5-2-1-3-6-13/h1-3,5-6,14,21H,4,7-12H2/t14-/m1/s1. The number of anilines is 1. The maximum absolute atomic E-state index is 10.3. The Kier molecular flexibility index (Phi) is 3.79. The minimum Gasteiger partial charge on any atom is -0.390 e. The molecule has 0 saturated carbocycles. The van der Waals surface area contributed by atoms with Crippen molar-refractivity contribution in [2.24, 2.45) is 0 Å². The van der Waals surface area contributed by atoms with E-state index in [-0.39, 0.29) is 11.7 Å². The van der Waals surface area contributed by atoms with Crippen LogP contribution in [0.3, 0.4) is 0 Å². The molecule has 1 atom stereocenters. The van der Waals surface area contributed by atoms with E-state index >= 15 is 0 Å². The van der Waals surface area contributed by atoms with Crippen LogP contribution >= 0.6 is 0 Å². The van der Waals surface area contributed by atoms with Gasteiger partial charge in [-0.15, -0.1) is 0 Å². The van der Waals surface area contributed by atoms with E-state index in [1.54, 1.807) is 0 Å². The molecule has 0 amide bonds. The van der Waals surface area contributed by atoms with Gasteiger partial charge in [0.1, 0.15) is 0 Å². The molecule has 4 rings (SSSR count). The van der Waals surface area contributed by atoms with Crippen LogP contribution in [0, 0.1) is 0 Å². The summed E-state index contributed by atoms with van der Waals surface area (Å²) in [5, 5.41) is 14.4. The average Bonchev–Trinajstić information content (AvgIpc) is 3.09. The van der Waals surface area contributed by atoms with Gasteiger partial charge >= 0.3 is 6.01 Å². The molecule has 2 aliphatic rings. The molecule has 6 heteroatoms. The lowest BCUT2D eigenvalue weighted by atomic mass is 9.82. The van der Waals surface area contributed by atoms with E-state index in [0.717, 1.165) is 50.9 Å². The van der Waals surface area contributed by atoms with Crippen molar-refractivity contribution in [1.29, 1.82) is 0 Å². The largest absolute Gasteiger partial charge is 0.390 e. The van der Waals surface area contributed by atoms with Crippen LogP contribution in [0.1, 0.15) is 25.7 Å². The van der Waals surface area contributed by atoms with Crippen molar-refractivity contribution in [3.05, 3.63) is 30.3 Å². The van der Waals surface area contributed by atoms with E-state index < -0.39 is 0 Å². The molecule has 0 bridgehead atoms. The molecule has 0 radical (unpaired) electrons. The number of aliphatic hydroxyl groups excluding tert-OH is 1. The summed E-state index contributed by atoms with van der Waals surface area (Å²) in [6.07, 6.45) is 2.99. The van der Waals surface area contributed by atoms with Gasteiger partial charge in [-0.1, -0.05) is 35.5 Å². The van der Waals surface area contributed by atoms with Gasteiger partial charge in [0, 0.05) is 25.3 Å². The van der Waals surface area contributed by atoms with Crippen molar-refractivity contribution in [2.75, 3.05) is 24.6 Å². The third kappa shape index (κ3) is 2.72. The van der Waals surface area contributed by atoms with Gasteiger partial charge in [0.25, 0.3) is 0 Å². The van der Waals surface area contributed by atoms with Crippen molar-refractivity contribution < 1.29 is 14.4 Å². The molecule has 2 aromatic rings. The number of hydrogen-bond acceptors (Lipinski definition) is 6. The predicted molar refractivity (Wildman–Crippen MR) is 85.1 cm³/mol. The van der Waals surface area contributed by atoms with Crippen LogP contribution in [0.15, 0.2) is 34.9 Å². The molecule has 1 aromatic heterocycles. The SMILES string of the molecule is O[C@@H]1CCCOC12CCN(c1nc(-c3ccccc3)no1)CC2. The van der Waals surface area contributed by atoms with Crippen molar-refractivity contribution >= 4 is 6.01 Å². The summed E-state index contributed by atoms with van der Waals surface area (Å²) in [6, 6.07) is 10.3. The molecule has 3 heterocycles. The third-order valence-corrected chi connectivity index (χ3v) is 4.95. The Bertz CT molecular complexity index is 650. The molecular formula is C17H21N3O3. The predicted octanol–water partition coefficient (Wildman–Crippen LogP) is 2.25. The highest BCUT2D eigenvalue weighted by Crippen LogP contribution is 2.36. The first-order valence-corrected chi connectivity index (χ1v) is 8.23. The minimum absolute atomic E-state index is 0.360. The highest BCUT2D eigenvalue weighted by Gasteiger charge is 2.44. The molecule has 1 spiro atoms. The van der Waals surface area contributed by atoms with Crippen LogP contribution < -0.4 is 4.90 Å². The first-order valence-electron chi connectivity index (χ1n) is 8.23. The number of piperidine rings is 1. The lowest BCUT2D eigenvalue weighted by molar-refractivity contribution is -0.164. The van der Waals surface area contributed by atoms with Crippen LogP contribution in [-0.2, 0) is 4.74 Å². The smallest absolute Gasteiger partial charge is 0.324 e. The summed E-state index contributed by atoms with van der Waals surface area (Å²) in [5.74, 6) is 0.606. The topological polar surface area (TPSA) is 71.6 Å². The van der Waals surface area contributed by atoms with Crippen LogP contribution in [0.5, 0.6) is 0 Å². The van der Waals surface area contributed by atoms with Crippen molar-refractivity contribution in [3.8, 4) is 11.4 Å². The summed E-state index contributed by atoms with van der Waals surface area (Å²) in [7, 11) is 0. The van der Waals surface area contributed by atoms with Gasteiger partial charge in [-0.2, -0.15) is 4.98 Å². The lowest BCUT2D eigenvalue weighted by Gasteiger charge is -2.46. The molecular weight excluding hydrogens is 294 g/mol.